The zero-order chi connectivity index (χ0) is 11.6. The number of rotatable bonds is 7. The van der Waals surface area contributed by atoms with Gasteiger partial charge in [-0.15, -0.1) is 0 Å². The molecule has 0 saturated heterocycles. The highest BCUT2D eigenvalue weighted by atomic mass is 16.5. The van der Waals surface area contributed by atoms with E-state index in [1.54, 1.807) is 19.4 Å². The maximum atomic E-state index is 11.3. The third-order valence-corrected chi connectivity index (χ3v) is 1.86. The van der Waals surface area contributed by atoms with Crippen LogP contribution in [0, 0.1) is 0 Å². The quantitative estimate of drug-likeness (QED) is 0.601. The molecule has 1 rings (SSSR count). The first-order valence-electron chi connectivity index (χ1n) is 5.06. The maximum Gasteiger partial charge on any atom is 0.234 e. The van der Waals surface area contributed by atoms with E-state index in [1.165, 1.54) is 0 Å². The first kappa shape index (κ1) is 12.5. The predicted molar refractivity (Wildman–Crippen MR) is 58.6 cm³/mol. The Morgan fingerprint density at radius 2 is 2.44 bits per heavy atom. The monoisotopic (exact) mass is 224 g/mol. The zero-order valence-electron chi connectivity index (χ0n) is 9.27. The van der Waals surface area contributed by atoms with E-state index in [9.17, 15) is 4.79 Å². The molecule has 0 aliphatic carbocycles. The number of ether oxygens (including phenoxy) is 1. The van der Waals surface area contributed by atoms with Gasteiger partial charge in [-0.2, -0.15) is 10.2 Å². The molecular formula is C10H16N4O2. The van der Waals surface area contributed by atoms with E-state index in [0.29, 0.717) is 19.7 Å². The van der Waals surface area contributed by atoms with Crippen LogP contribution in [0.5, 0.6) is 0 Å². The molecule has 88 valence electrons. The summed E-state index contributed by atoms with van der Waals surface area (Å²) in [6.07, 6.45) is 1.59. The van der Waals surface area contributed by atoms with Crippen molar-refractivity contribution in [1.82, 2.24) is 20.8 Å². The van der Waals surface area contributed by atoms with Crippen molar-refractivity contribution in [1.29, 1.82) is 0 Å². The second-order valence-electron chi connectivity index (χ2n) is 3.16. The van der Waals surface area contributed by atoms with E-state index in [1.807, 2.05) is 6.07 Å². The van der Waals surface area contributed by atoms with Crippen LogP contribution < -0.4 is 10.6 Å². The average Bonchev–Trinajstić information content (AvgIpc) is 2.33. The lowest BCUT2D eigenvalue weighted by Gasteiger charge is -2.05. The standard InChI is InChI=1S/C10H16N4O2/c1-16-6-5-11-8-10(15)12-7-9-3-2-4-13-14-9/h2-4,11H,5-8H2,1H3,(H,12,15). The van der Waals surface area contributed by atoms with Crippen LogP contribution in [0.25, 0.3) is 0 Å². The molecule has 1 aromatic heterocycles. The van der Waals surface area contributed by atoms with Gasteiger partial charge in [0.15, 0.2) is 0 Å². The summed E-state index contributed by atoms with van der Waals surface area (Å²) in [5.74, 6) is -0.0678. The maximum absolute atomic E-state index is 11.3. The van der Waals surface area contributed by atoms with Crippen LogP contribution in [0.4, 0.5) is 0 Å². The topological polar surface area (TPSA) is 76.1 Å². The number of aromatic nitrogens is 2. The third-order valence-electron chi connectivity index (χ3n) is 1.86. The highest BCUT2D eigenvalue weighted by Crippen LogP contribution is 1.88. The summed E-state index contributed by atoms with van der Waals surface area (Å²) >= 11 is 0. The third kappa shape index (κ3) is 5.38. The van der Waals surface area contributed by atoms with Gasteiger partial charge in [-0.05, 0) is 12.1 Å². The molecule has 0 spiro atoms. The largest absolute Gasteiger partial charge is 0.383 e. The van der Waals surface area contributed by atoms with Gasteiger partial charge >= 0.3 is 0 Å². The molecule has 1 heterocycles. The van der Waals surface area contributed by atoms with E-state index in [0.717, 1.165) is 5.69 Å². The van der Waals surface area contributed by atoms with E-state index >= 15 is 0 Å². The normalized spacial score (nSPS) is 10.1. The van der Waals surface area contributed by atoms with Crippen LogP contribution >= 0.6 is 0 Å². The number of carbonyl (C=O) groups excluding carboxylic acids is 1. The van der Waals surface area contributed by atoms with Gasteiger partial charge in [0.1, 0.15) is 0 Å². The Bertz CT molecular complexity index is 305. The lowest BCUT2D eigenvalue weighted by molar-refractivity contribution is -0.120. The van der Waals surface area contributed by atoms with Gasteiger partial charge < -0.3 is 15.4 Å². The number of carbonyl (C=O) groups is 1. The second-order valence-corrected chi connectivity index (χ2v) is 3.16. The van der Waals surface area contributed by atoms with Gasteiger partial charge in [-0.3, -0.25) is 4.79 Å². The van der Waals surface area contributed by atoms with Gasteiger partial charge in [0, 0.05) is 19.9 Å². The van der Waals surface area contributed by atoms with Gasteiger partial charge in [0.25, 0.3) is 0 Å². The molecule has 1 amide bonds. The Morgan fingerprint density at radius 1 is 1.56 bits per heavy atom. The van der Waals surface area contributed by atoms with Crippen LogP contribution in [0.15, 0.2) is 18.3 Å². The molecule has 0 unspecified atom stereocenters. The number of nitrogens with zero attached hydrogens (tertiary/aromatic N) is 2. The smallest absolute Gasteiger partial charge is 0.234 e. The van der Waals surface area contributed by atoms with Crippen LogP contribution in [-0.2, 0) is 16.1 Å². The Hall–Kier alpha value is -1.53. The Kier molecular flexibility index (Phi) is 6.05. The molecular weight excluding hydrogens is 208 g/mol. The zero-order valence-corrected chi connectivity index (χ0v) is 9.27. The Balaban J connectivity index is 2.11. The first-order chi connectivity index (χ1) is 7.83. The molecule has 6 heteroatoms. The van der Waals surface area contributed by atoms with Crippen LogP contribution in [0.1, 0.15) is 5.69 Å². The number of amides is 1. The fraction of sp³-hybridized carbons (Fsp3) is 0.500. The minimum Gasteiger partial charge on any atom is -0.383 e. The minimum atomic E-state index is -0.0678. The van der Waals surface area contributed by atoms with E-state index in [-0.39, 0.29) is 12.5 Å². The first-order valence-corrected chi connectivity index (χ1v) is 5.06. The second kappa shape index (κ2) is 7.72. The molecule has 0 fully saturated rings. The lowest BCUT2D eigenvalue weighted by Crippen LogP contribution is -2.35. The molecule has 0 bridgehead atoms. The SMILES string of the molecule is COCCNCC(=O)NCc1cccnn1. The van der Waals surface area contributed by atoms with Crippen LogP contribution in [0.2, 0.25) is 0 Å². The van der Waals surface area contributed by atoms with Crippen molar-refractivity contribution in [3.63, 3.8) is 0 Å². The molecule has 0 aromatic carbocycles. The summed E-state index contributed by atoms with van der Waals surface area (Å²) in [4.78, 5) is 11.3. The summed E-state index contributed by atoms with van der Waals surface area (Å²) in [7, 11) is 1.62. The fourth-order valence-corrected chi connectivity index (χ4v) is 1.06. The molecule has 0 aliphatic heterocycles. The van der Waals surface area contributed by atoms with Crippen molar-refractivity contribution in [2.45, 2.75) is 6.54 Å². The van der Waals surface area contributed by atoms with Crippen molar-refractivity contribution >= 4 is 5.91 Å². The lowest BCUT2D eigenvalue weighted by atomic mass is 10.4. The average molecular weight is 224 g/mol. The molecule has 2 N–H and O–H groups in total. The summed E-state index contributed by atoms with van der Waals surface area (Å²) in [5.41, 5.74) is 0.743. The van der Waals surface area contributed by atoms with Gasteiger partial charge in [-0.1, -0.05) is 0 Å². The molecule has 0 aliphatic rings. The summed E-state index contributed by atoms with van der Waals surface area (Å²) in [6, 6.07) is 3.59. The summed E-state index contributed by atoms with van der Waals surface area (Å²) in [6.45, 7) is 1.94. The molecule has 6 nitrogen and oxygen atoms in total. The van der Waals surface area contributed by atoms with E-state index in [2.05, 4.69) is 20.8 Å². The Labute approximate surface area is 94.4 Å². The number of nitrogens with one attached hydrogen (secondary N) is 2. The van der Waals surface area contributed by atoms with Gasteiger partial charge in [0.05, 0.1) is 25.4 Å². The molecule has 0 saturated carbocycles. The number of methoxy groups -OCH3 is 1. The molecule has 16 heavy (non-hydrogen) atoms. The Morgan fingerprint density at radius 3 is 3.12 bits per heavy atom. The summed E-state index contributed by atoms with van der Waals surface area (Å²) < 4.78 is 4.84. The van der Waals surface area contributed by atoms with Gasteiger partial charge in [0.2, 0.25) is 5.91 Å². The van der Waals surface area contributed by atoms with Crippen molar-refractivity contribution in [2.24, 2.45) is 0 Å². The predicted octanol–water partition coefficient (Wildman–Crippen LogP) is -0.671. The fourth-order valence-electron chi connectivity index (χ4n) is 1.06. The van der Waals surface area contributed by atoms with Crippen molar-refractivity contribution < 1.29 is 9.53 Å². The van der Waals surface area contributed by atoms with E-state index < -0.39 is 0 Å². The summed E-state index contributed by atoms with van der Waals surface area (Å²) in [5, 5.41) is 13.3. The van der Waals surface area contributed by atoms with Crippen LogP contribution in [0.3, 0.4) is 0 Å². The number of hydrogen-bond donors (Lipinski definition) is 2. The highest BCUT2D eigenvalue weighted by molar-refractivity contribution is 5.77. The molecule has 0 radical (unpaired) electrons. The van der Waals surface area contributed by atoms with Crippen molar-refractivity contribution in [2.75, 3.05) is 26.8 Å². The van der Waals surface area contributed by atoms with E-state index in [4.69, 9.17) is 4.74 Å². The molecule has 1 aromatic rings. The minimum absolute atomic E-state index is 0.0678. The number of hydrogen-bond acceptors (Lipinski definition) is 5. The van der Waals surface area contributed by atoms with Gasteiger partial charge in [-0.25, -0.2) is 0 Å². The molecule has 0 atom stereocenters. The van der Waals surface area contributed by atoms with Crippen LogP contribution in [-0.4, -0.2) is 42.9 Å². The highest BCUT2D eigenvalue weighted by Gasteiger charge is 2.00. The van der Waals surface area contributed by atoms with Crippen molar-refractivity contribution in [3.05, 3.63) is 24.0 Å². The van der Waals surface area contributed by atoms with Crippen molar-refractivity contribution in [3.8, 4) is 0 Å².